The molecular formula is C11H7N3O. The fourth-order valence-corrected chi connectivity index (χ4v) is 1.65. The molecule has 2 heterocycles. The SMILES string of the molecule is O=c1cc2ncc3ccccc3c2n[nH]1. The predicted molar refractivity (Wildman–Crippen MR) is 57.7 cm³/mol. The fraction of sp³-hybridized carbons (Fsp3) is 0. The Labute approximate surface area is 84.6 Å². The van der Waals surface area contributed by atoms with Crippen LogP contribution in [-0.2, 0) is 0 Å². The lowest BCUT2D eigenvalue weighted by Gasteiger charge is -1.99. The van der Waals surface area contributed by atoms with E-state index < -0.39 is 0 Å². The van der Waals surface area contributed by atoms with Crippen LogP contribution in [0.15, 0.2) is 41.3 Å². The lowest BCUT2D eigenvalue weighted by atomic mass is 10.1. The molecule has 0 unspecified atom stereocenters. The Morgan fingerprint density at radius 1 is 1.20 bits per heavy atom. The van der Waals surface area contributed by atoms with Crippen molar-refractivity contribution in [1.29, 1.82) is 0 Å². The topological polar surface area (TPSA) is 58.6 Å². The lowest BCUT2D eigenvalue weighted by Crippen LogP contribution is -2.06. The second-order valence-electron chi connectivity index (χ2n) is 3.31. The number of rotatable bonds is 0. The van der Waals surface area contributed by atoms with Gasteiger partial charge in [-0.3, -0.25) is 9.78 Å². The van der Waals surface area contributed by atoms with E-state index in [1.165, 1.54) is 6.07 Å². The van der Waals surface area contributed by atoms with Gasteiger partial charge in [0.1, 0.15) is 5.52 Å². The molecule has 3 rings (SSSR count). The maximum absolute atomic E-state index is 11.1. The van der Waals surface area contributed by atoms with E-state index in [0.717, 1.165) is 16.3 Å². The van der Waals surface area contributed by atoms with E-state index in [9.17, 15) is 4.79 Å². The molecule has 4 nitrogen and oxygen atoms in total. The standard InChI is InChI=1S/C11H7N3O/c15-10-5-9-11(14-13-10)8-4-2-1-3-7(8)6-12-9/h1-6H,(H,13,15). The molecule has 0 radical (unpaired) electrons. The molecule has 0 amide bonds. The van der Waals surface area contributed by atoms with Crippen molar-refractivity contribution in [3.63, 3.8) is 0 Å². The third-order valence-electron chi connectivity index (χ3n) is 2.35. The second-order valence-corrected chi connectivity index (χ2v) is 3.31. The highest BCUT2D eigenvalue weighted by Crippen LogP contribution is 2.19. The van der Waals surface area contributed by atoms with Gasteiger partial charge in [-0.05, 0) is 0 Å². The molecule has 0 atom stereocenters. The van der Waals surface area contributed by atoms with Gasteiger partial charge in [-0.25, -0.2) is 5.10 Å². The summed E-state index contributed by atoms with van der Waals surface area (Å²) in [6.07, 6.45) is 1.75. The predicted octanol–water partition coefficient (Wildman–Crippen LogP) is 1.47. The highest BCUT2D eigenvalue weighted by molar-refractivity contribution is 6.02. The van der Waals surface area contributed by atoms with Gasteiger partial charge < -0.3 is 0 Å². The van der Waals surface area contributed by atoms with Gasteiger partial charge in [0.15, 0.2) is 0 Å². The van der Waals surface area contributed by atoms with Gasteiger partial charge in [0.05, 0.1) is 5.52 Å². The quantitative estimate of drug-likeness (QED) is 0.555. The number of pyridine rings is 1. The largest absolute Gasteiger partial charge is 0.268 e. The van der Waals surface area contributed by atoms with Crippen LogP contribution < -0.4 is 5.56 Å². The zero-order valence-corrected chi connectivity index (χ0v) is 7.77. The van der Waals surface area contributed by atoms with Crippen LogP contribution in [0.5, 0.6) is 0 Å². The summed E-state index contributed by atoms with van der Waals surface area (Å²) in [7, 11) is 0. The van der Waals surface area contributed by atoms with Crippen molar-refractivity contribution in [3.8, 4) is 0 Å². The summed E-state index contributed by atoms with van der Waals surface area (Å²) in [5.41, 5.74) is 1.12. The Morgan fingerprint density at radius 3 is 3.00 bits per heavy atom. The smallest absolute Gasteiger partial charge is 0.266 e. The number of nitrogens with one attached hydrogen (secondary N) is 1. The van der Waals surface area contributed by atoms with Crippen LogP contribution in [0.4, 0.5) is 0 Å². The third-order valence-corrected chi connectivity index (χ3v) is 2.35. The second kappa shape index (κ2) is 2.88. The van der Waals surface area contributed by atoms with Crippen LogP contribution >= 0.6 is 0 Å². The van der Waals surface area contributed by atoms with Gasteiger partial charge in [-0.15, -0.1) is 0 Å². The summed E-state index contributed by atoms with van der Waals surface area (Å²) in [5, 5.41) is 8.45. The van der Waals surface area contributed by atoms with Crippen molar-refractivity contribution >= 4 is 21.8 Å². The molecule has 0 spiro atoms. The molecule has 72 valence electrons. The minimum Gasteiger partial charge on any atom is -0.268 e. The molecule has 1 aromatic carbocycles. The minimum absolute atomic E-state index is 0.231. The zero-order chi connectivity index (χ0) is 10.3. The average molecular weight is 197 g/mol. The van der Waals surface area contributed by atoms with Crippen molar-refractivity contribution in [2.75, 3.05) is 0 Å². The number of nitrogens with zero attached hydrogens (tertiary/aromatic N) is 2. The summed E-state index contributed by atoms with van der Waals surface area (Å²) in [6, 6.07) is 9.27. The first-order chi connectivity index (χ1) is 7.34. The first-order valence-electron chi connectivity index (χ1n) is 4.58. The Kier molecular flexibility index (Phi) is 1.56. The normalized spacial score (nSPS) is 10.9. The molecule has 0 saturated carbocycles. The maximum atomic E-state index is 11.1. The molecular weight excluding hydrogens is 190 g/mol. The summed E-state index contributed by atoms with van der Waals surface area (Å²) >= 11 is 0. The third kappa shape index (κ3) is 1.19. The van der Waals surface area contributed by atoms with E-state index in [4.69, 9.17) is 0 Å². The van der Waals surface area contributed by atoms with E-state index in [-0.39, 0.29) is 5.56 Å². The molecule has 0 aliphatic carbocycles. The van der Waals surface area contributed by atoms with Gasteiger partial charge in [0.2, 0.25) is 0 Å². The summed E-state index contributed by atoms with van der Waals surface area (Å²) in [5.74, 6) is 0. The molecule has 1 N–H and O–H groups in total. The average Bonchev–Trinajstić information content (AvgIpc) is 2.28. The minimum atomic E-state index is -0.231. The van der Waals surface area contributed by atoms with E-state index in [1.54, 1.807) is 6.20 Å². The Morgan fingerprint density at radius 2 is 2.07 bits per heavy atom. The Balaban J connectivity index is 2.60. The zero-order valence-electron chi connectivity index (χ0n) is 7.77. The summed E-state index contributed by atoms with van der Waals surface area (Å²) in [4.78, 5) is 15.2. The molecule has 3 aromatic rings. The van der Waals surface area contributed by atoms with Gasteiger partial charge >= 0.3 is 0 Å². The molecule has 0 fully saturated rings. The highest BCUT2D eigenvalue weighted by atomic mass is 16.1. The van der Waals surface area contributed by atoms with Crippen LogP contribution in [-0.4, -0.2) is 15.2 Å². The molecule has 2 aromatic heterocycles. The summed E-state index contributed by atoms with van der Waals surface area (Å²) < 4.78 is 0. The Bertz CT molecular complexity index is 703. The van der Waals surface area contributed by atoms with E-state index >= 15 is 0 Å². The van der Waals surface area contributed by atoms with Crippen molar-refractivity contribution in [2.45, 2.75) is 0 Å². The number of H-pyrrole nitrogens is 1. The van der Waals surface area contributed by atoms with Crippen LogP contribution in [0.25, 0.3) is 21.8 Å². The number of aromatic nitrogens is 3. The number of aromatic amines is 1. The van der Waals surface area contributed by atoms with Crippen molar-refractivity contribution < 1.29 is 0 Å². The summed E-state index contributed by atoms with van der Waals surface area (Å²) in [6.45, 7) is 0. The van der Waals surface area contributed by atoms with Crippen molar-refractivity contribution in [2.24, 2.45) is 0 Å². The molecule has 15 heavy (non-hydrogen) atoms. The number of fused-ring (bicyclic) bond motifs is 3. The van der Waals surface area contributed by atoms with Crippen LogP contribution in [0.3, 0.4) is 0 Å². The Hall–Kier alpha value is -2.23. The lowest BCUT2D eigenvalue weighted by molar-refractivity contribution is 1.03. The fourth-order valence-electron chi connectivity index (χ4n) is 1.65. The molecule has 0 aliphatic rings. The highest BCUT2D eigenvalue weighted by Gasteiger charge is 2.02. The first kappa shape index (κ1) is 8.11. The van der Waals surface area contributed by atoms with Gasteiger partial charge in [0, 0.05) is 23.0 Å². The van der Waals surface area contributed by atoms with Crippen LogP contribution in [0, 0.1) is 0 Å². The van der Waals surface area contributed by atoms with Crippen LogP contribution in [0.2, 0.25) is 0 Å². The van der Waals surface area contributed by atoms with Gasteiger partial charge in [-0.2, -0.15) is 5.10 Å². The van der Waals surface area contributed by atoms with Crippen molar-refractivity contribution in [1.82, 2.24) is 15.2 Å². The molecule has 4 heteroatoms. The van der Waals surface area contributed by atoms with E-state index in [0.29, 0.717) is 5.52 Å². The van der Waals surface area contributed by atoms with Crippen LogP contribution in [0.1, 0.15) is 0 Å². The van der Waals surface area contributed by atoms with Crippen molar-refractivity contribution in [3.05, 3.63) is 46.9 Å². The first-order valence-corrected chi connectivity index (χ1v) is 4.58. The number of hydrogen-bond donors (Lipinski definition) is 1. The molecule has 0 saturated heterocycles. The van der Waals surface area contributed by atoms with Gasteiger partial charge in [-0.1, -0.05) is 24.3 Å². The van der Waals surface area contributed by atoms with E-state index in [1.807, 2.05) is 24.3 Å². The number of benzene rings is 1. The molecule has 0 bridgehead atoms. The van der Waals surface area contributed by atoms with Gasteiger partial charge in [0.25, 0.3) is 5.56 Å². The maximum Gasteiger partial charge on any atom is 0.266 e. The monoisotopic (exact) mass is 197 g/mol. The molecule has 0 aliphatic heterocycles. The number of hydrogen-bond acceptors (Lipinski definition) is 3. The van der Waals surface area contributed by atoms with E-state index in [2.05, 4.69) is 15.2 Å².